The minimum Gasteiger partial charge on any atom is -0.377 e. The van der Waals surface area contributed by atoms with Gasteiger partial charge >= 0.3 is 0 Å². The van der Waals surface area contributed by atoms with Crippen LogP contribution in [0.15, 0.2) is 46.9 Å². The first-order chi connectivity index (χ1) is 10.1. The first kappa shape index (κ1) is 15.7. The van der Waals surface area contributed by atoms with Crippen LogP contribution in [0.25, 0.3) is 0 Å². The highest BCUT2D eigenvalue weighted by Crippen LogP contribution is 2.22. The summed E-state index contributed by atoms with van der Waals surface area (Å²) in [6, 6.07) is 11.7. The summed E-state index contributed by atoms with van der Waals surface area (Å²) >= 11 is 3.20. The fourth-order valence-electron chi connectivity index (χ4n) is 1.88. The van der Waals surface area contributed by atoms with Crippen molar-refractivity contribution >= 4 is 27.5 Å². The molecule has 0 fully saturated rings. The molecule has 2 rings (SSSR count). The number of benzene rings is 2. The van der Waals surface area contributed by atoms with Gasteiger partial charge in [-0.2, -0.15) is 0 Å². The molecule has 21 heavy (non-hydrogen) atoms. The number of rotatable bonds is 5. The third kappa shape index (κ3) is 3.89. The predicted molar refractivity (Wildman–Crippen MR) is 83.8 cm³/mol. The summed E-state index contributed by atoms with van der Waals surface area (Å²) in [5.41, 5.74) is 1.45. The van der Waals surface area contributed by atoms with E-state index in [1.54, 1.807) is 24.3 Å². The van der Waals surface area contributed by atoms with Gasteiger partial charge in [-0.15, -0.1) is 0 Å². The van der Waals surface area contributed by atoms with Crippen LogP contribution in [0.3, 0.4) is 0 Å². The summed E-state index contributed by atoms with van der Waals surface area (Å²) < 4.78 is 19.6. The van der Waals surface area contributed by atoms with Crippen LogP contribution in [-0.2, 0) is 11.3 Å². The molecule has 0 aromatic heterocycles. The van der Waals surface area contributed by atoms with Crippen molar-refractivity contribution in [1.29, 1.82) is 0 Å². The van der Waals surface area contributed by atoms with Crippen molar-refractivity contribution < 1.29 is 13.9 Å². The van der Waals surface area contributed by atoms with E-state index in [9.17, 15) is 9.18 Å². The van der Waals surface area contributed by atoms with E-state index in [0.29, 0.717) is 23.4 Å². The van der Waals surface area contributed by atoms with Crippen molar-refractivity contribution in [3.63, 3.8) is 0 Å². The van der Waals surface area contributed by atoms with Crippen molar-refractivity contribution in [3.05, 3.63) is 63.9 Å². The summed E-state index contributed by atoms with van der Waals surface area (Å²) in [5, 5.41) is 2.73. The minimum atomic E-state index is -0.566. The lowest BCUT2D eigenvalue weighted by molar-refractivity contribution is 0.102. The molecule has 0 atom stereocenters. The van der Waals surface area contributed by atoms with E-state index in [4.69, 9.17) is 4.74 Å². The van der Waals surface area contributed by atoms with Gasteiger partial charge in [0.1, 0.15) is 5.82 Å². The molecular weight excluding hydrogens is 337 g/mol. The number of halogens is 2. The number of carbonyl (C=O) groups is 1. The molecule has 110 valence electrons. The van der Waals surface area contributed by atoms with Gasteiger partial charge in [0, 0.05) is 22.3 Å². The van der Waals surface area contributed by atoms with E-state index >= 15 is 0 Å². The van der Waals surface area contributed by atoms with Crippen molar-refractivity contribution in [2.24, 2.45) is 0 Å². The van der Waals surface area contributed by atoms with E-state index in [-0.39, 0.29) is 5.56 Å². The molecule has 0 spiro atoms. The van der Waals surface area contributed by atoms with Crippen molar-refractivity contribution in [1.82, 2.24) is 0 Å². The van der Waals surface area contributed by atoms with Crippen molar-refractivity contribution in [2.75, 3.05) is 11.9 Å². The fourth-order valence-corrected chi connectivity index (χ4v) is 2.40. The Morgan fingerprint density at radius 3 is 2.71 bits per heavy atom. The fraction of sp³-hybridized carbons (Fsp3) is 0.188. The zero-order valence-corrected chi connectivity index (χ0v) is 13.1. The first-order valence-corrected chi connectivity index (χ1v) is 7.33. The maximum absolute atomic E-state index is 13.8. The average molecular weight is 352 g/mol. The monoisotopic (exact) mass is 351 g/mol. The van der Waals surface area contributed by atoms with Crippen LogP contribution < -0.4 is 5.32 Å². The number of hydrogen-bond acceptors (Lipinski definition) is 2. The topological polar surface area (TPSA) is 38.3 Å². The Morgan fingerprint density at radius 1 is 1.24 bits per heavy atom. The van der Waals surface area contributed by atoms with Crippen LogP contribution >= 0.6 is 15.9 Å². The molecule has 0 aliphatic carbocycles. The van der Waals surface area contributed by atoms with Crippen LogP contribution in [0.4, 0.5) is 10.1 Å². The van der Waals surface area contributed by atoms with E-state index in [2.05, 4.69) is 21.2 Å². The van der Waals surface area contributed by atoms with Gasteiger partial charge in [0.15, 0.2) is 0 Å². The molecule has 0 radical (unpaired) electrons. The predicted octanol–water partition coefficient (Wildman–Crippen LogP) is 4.38. The Hall–Kier alpha value is -1.72. The van der Waals surface area contributed by atoms with Crippen LogP contribution in [0.1, 0.15) is 22.8 Å². The summed E-state index contributed by atoms with van der Waals surface area (Å²) in [7, 11) is 0. The Kier molecular flexibility index (Phi) is 5.47. The third-order valence-electron chi connectivity index (χ3n) is 2.92. The number of anilines is 1. The Balaban J connectivity index is 2.24. The van der Waals surface area contributed by atoms with Gasteiger partial charge in [0.2, 0.25) is 0 Å². The Labute approximate surface area is 131 Å². The molecule has 2 aromatic carbocycles. The quantitative estimate of drug-likeness (QED) is 0.868. The number of amides is 1. The summed E-state index contributed by atoms with van der Waals surface area (Å²) in [5.74, 6) is -1.06. The highest BCUT2D eigenvalue weighted by Gasteiger charge is 2.16. The normalized spacial score (nSPS) is 10.4. The van der Waals surface area contributed by atoms with Crippen molar-refractivity contribution in [3.8, 4) is 0 Å². The molecule has 5 heteroatoms. The highest BCUT2D eigenvalue weighted by molar-refractivity contribution is 9.10. The summed E-state index contributed by atoms with van der Waals surface area (Å²) in [6.07, 6.45) is 0. The van der Waals surface area contributed by atoms with E-state index in [1.165, 1.54) is 6.07 Å². The average Bonchev–Trinajstić information content (AvgIpc) is 2.46. The van der Waals surface area contributed by atoms with Gasteiger partial charge in [-0.25, -0.2) is 4.39 Å². The molecular formula is C16H15BrFNO2. The van der Waals surface area contributed by atoms with Crippen LogP contribution in [0.2, 0.25) is 0 Å². The van der Waals surface area contributed by atoms with Gasteiger partial charge in [0.05, 0.1) is 12.2 Å². The Morgan fingerprint density at radius 2 is 2.00 bits per heavy atom. The molecule has 1 amide bonds. The maximum atomic E-state index is 13.8. The zero-order chi connectivity index (χ0) is 15.2. The number of carbonyl (C=O) groups excluding carboxylic acids is 1. The lowest BCUT2D eigenvalue weighted by Gasteiger charge is -2.12. The molecule has 0 heterocycles. The standard InChI is InChI=1S/C16H15BrFNO2/c1-2-21-10-11-6-3-4-9-14(11)19-16(20)15-12(17)7-5-8-13(15)18/h3-9H,2,10H2,1H3,(H,19,20). The third-order valence-corrected chi connectivity index (χ3v) is 3.58. The van der Waals surface area contributed by atoms with Crippen LogP contribution in [-0.4, -0.2) is 12.5 Å². The lowest BCUT2D eigenvalue weighted by Crippen LogP contribution is -2.16. The minimum absolute atomic E-state index is 0.0105. The van der Waals surface area contributed by atoms with E-state index in [0.717, 1.165) is 5.56 Å². The molecule has 1 N–H and O–H groups in total. The SMILES string of the molecule is CCOCc1ccccc1NC(=O)c1c(F)cccc1Br. The molecule has 3 nitrogen and oxygen atoms in total. The van der Waals surface area contributed by atoms with Gasteiger partial charge < -0.3 is 10.1 Å². The van der Waals surface area contributed by atoms with Gasteiger partial charge in [0.25, 0.3) is 5.91 Å². The second kappa shape index (κ2) is 7.33. The summed E-state index contributed by atoms with van der Waals surface area (Å²) in [6.45, 7) is 2.88. The largest absolute Gasteiger partial charge is 0.377 e. The first-order valence-electron chi connectivity index (χ1n) is 6.54. The molecule has 0 bridgehead atoms. The highest BCUT2D eigenvalue weighted by atomic mass is 79.9. The number of nitrogens with one attached hydrogen (secondary N) is 1. The van der Waals surface area contributed by atoms with Gasteiger partial charge in [-0.1, -0.05) is 24.3 Å². The second-order valence-corrected chi connectivity index (χ2v) is 5.20. The molecule has 0 aliphatic rings. The molecule has 0 aliphatic heterocycles. The Bertz CT molecular complexity index is 626. The number of para-hydroxylation sites is 1. The second-order valence-electron chi connectivity index (χ2n) is 4.35. The zero-order valence-electron chi connectivity index (χ0n) is 11.5. The molecule has 0 unspecified atom stereocenters. The molecule has 0 saturated carbocycles. The van der Waals surface area contributed by atoms with Gasteiger partial charge in [-0.3, -0.25) is 4.79 Å². The maximum Gasteiger partial charge on any atom is 0.259 e. The molecule has 2 aromatic rings. The van der Waals surface area contributed by atoms with Gasteiger partial charge in [-0.05, 0) is 41.1 Å². The van der Waals surface area contributed by atoms with Crippen molar-refractivity contribution in [2.45, 2.75) is 13.5 Å². The van der Waals surface area contributed by atoms with E-state index < -0.39 is 11.7 Å². The number of ether oxygens (including phenoxy) is 1. The number of hydrogen-bond donors (Lipinski definition) is 1. The van der Waals surface area contributed by atoms with Crippen LogP contribution in [0.5, 0.6) is 0 Å². The lowest BCUT2D eigenvalue weighted by atomic mass is 10.1. The van der Waals surface area contributed by atoms with E-state index in [1.807, 2.05) is 19.1 Å². The summed E-state index contributed by atoms with van der Waals surface area (Å²) in [4.78, 5) is 12.3. The van der Waals surface area contributed by atoms with Crippen LogP contribution in [0, 0.1) is 5.82 Å². The molecule has 0 saturated heterocycles. The smallest absolute Gasteiger partial charge is 0.259 e.